The number of likely N-dealkylation sites (N-methyl/N-ethyl adjacent to an activating group) is 1. The van der Waals surface area contributed by atoms with Gasteiger partial charge in [0.2, 0.25) is 5.91 Å². The van der Waals surface area contributed by atoms with E-state index >= 15 is 0 Å². The van der Waals surface area contributed by atoms with Gasteiger partial charge in [0.25, 0.3) is 5.91 Å². The zero-order chi connectivity index (χ0) is 21.9. The highest BCUT2D eigenvalue weighted by Gasteiger charge is 2.28. The number of amides is 2. The molecule has 0 aliphatic carbocycles. The average molecular weight is 415 g/mol. The second-order valence-electron chi connectivity index (χ2n) is 6.70. The first kappa shape index (κ1) is 23.1. The van der Waals surface area contributed by atoms with Crippen LogP contribution in [0.15, 0.2) is 48.5 Å². The van der Waals surface area contributed by atoms with Crippen LogP contribution in [-0.4, -0.2) is 57.2 Å². The summed E-state index contributed by atoms with van der Waals surface area (Å²) >= 11 is 0. The second-order valence-corrected chi connectivity index (χ2v) is 6.70. The van der Waals surface area contributed by atoms with Gasteiger partial charge >= 0.3 is 0 Å². The summed E-state index contributed by atoms with van der Waals surface area (Å²) in [5.41, 5.74) is 1.10. The van der Waals surface area contributed by atoms with Gasteiger partial charge in [0.15, 0.2) is 6.61 Å². The van der Waals surface area contributed by atoms with E-state index in [1.165, 1.54) is 0 Å². The Hall–Kier alpha value is -3.22. The number of benzene rings is 2. The van der Waals surface area contributed by atoms with Crippen LogP contribution in [0.2, 0.25) is 0 Å². The van der Waals surface area contributed by atoms with Crippen molar-refractivity contribution in [1.82, 2.24) is 10.2 Å². The molecule has 0 bridgehead atoms. The van der Waals surface area contributed by atoms with Crippen molar-refractivity contribution >= 4 is 11.8 Å². The van der Waals surface area contributed by atoms with Crippen molar-refractivity contribution in [3.05, 3.63) is 54.1 Å². The lowest BCUT2D eigenvalue weighted by molar-refractivity contribution is -0.142. The molecule has 2 rings (SSSR count). The highest BCUT2D eigenvalue weighted by Crippen LogP contribution is 2.27. The standard InChI is InChI=1S/C23H30N2O5/c1-5-21(23(27)24-2)25(12-11-17-9-7-6-8-10-17)22(26)16-30-20-14-18(28-3)13-19(15-20)29-4/h6-10,13-15,21H,5,11-12,16H2,1-4H3,(H,24,27)/t21-/m0/s1. The molecule has 0 unspecified atom stereocenters. The van der Waals surface area contributed by atoms with Crippen LogP contribution in [0.4, 0.5) is 0 Å². The zero-order valence-electron chi connectivity index (χ0n) is 18.0. The number of nitrogens with zero attached hydrogens (tertiary/aromatic N) is 1. The number of hydrogen-bond acceptors (Lipinski definition) is 5. The Morgan fingerprint density at radius 1 is 1.00 bits per heavy atom. The summed E-state index contributed by atoms with van der Waals surface area (Å²) in [4.78, 5) is 27.0. The molecule has 0 radical (unpaired) electrons. The molecule has 0 saturated heterocycles. The number of carbonyl (C=O) groups excluding carboxylic acids is 2. The summed E-state index contributed by atoms with van der Waals surface area (Å²) in [6.07, 6.45) is 1.15. The van der Waals surface area contributed by atoms with Crippen LogP contribution < -0.4 is 19.5 Å². The van der Waals surface area contributed by atoms with E-state index < -0.39 is 6.04 Å². The molecule has 0 aromatic heterocycles. The number of carbonyl (C=O) groups is 2. The smallest absolute Gasteiger partial charge is 0.261 e. The van der Waals surface area contributed by atoms with Gasteiger partial charge < -0.3 is 24.4 Å². The fourth-order valence-electron chi connectivity index (χ4n) is 3.16. The van der Waals surface area contributed by atoms with E-state index in [2.05, 4.69) is 5.32 Å². The van der Waals surface area contributed by atoms with Gasteiger partial charge in [-0.25, -0.2) is 0 Å². The van der Waals surface area contributed by atoms with E-state index in [-0.39, 0.29) is 18.4 Å². The molecule has 0 aliphatic heterocycles. The molecule has 7 nitrogen and oxygen atoms in total. The first-order valence-electron chi connectivity index (χ1n) is 9.93. The highest BCUT2D eigenvalue weighted by atomic mass is 16.5. The quantitative estimate of drug-likeness (QED) is 0.612. The van der Waals surface area contributed by atoms with E-state index in [4.69, 9.17) is 14.2 Å². The van der Waals surface area contributed by atoms with Crippen LogP contribution in [-0.2, 0) is 16.0 Å². The molecule has 2 aromatic rings. The third-order valence-corrected chi connectivity index (χ3v) is 4.80. The summed E-state index contributed by atoms with van der Waals surface area (Å²) in [6, 6.07) is 14.4. The molecule has 0 aliphatic rings. The Bertz CT molecular complexity index is 803. The van der Waals surface area contributed by atoms with Gasteiger partial charge in [-0.05, 0) is 18.4 Å². The third-order valence-electron chi connectivity index (χ3n) is 4.80. The molecule has 7 heteroatoms. The van der Waals surface area contributed by atoms with Crippen molar-refractivity contribution in [1.29, 1.82) is 0 Å². The molecule has 2 amide bonds. The fourth-order valence-corrected chi connectivity index (χ4v) is 3.16. The maximum absolute atomic E-state index is 13.0. The van der Waals surface area contributed by atoms with Crippen molar-refractivity contribution in [3.63, 3.8) is 0 Å². The molecule has 0 fully saturated rings. The van der Waals surface area contributed by atoms with E-state index in [1.54, 1.807) is 44.4 Å². The summed E-state index contributed by atoms with van der Waals surface area (Å²) in [5.74, 6) is 1.13. The Balaban J connectivity index is 2.14. The first-order chi connectivity index (χ1) is 14.5. The Morgan fingerprint density at radius 3 is 2.13 bits per heavy atom. The van der Waals surface area contributed by atoms with Gasteiger partial charge in [0.05, 0.1) is 14.2 Å². The van der Waals surface area contributed by atoms with Crippen LogP contribution in [0.1, 0.15) is 18.9 Å². The van der Waals surface area contributed by atoms with E-state index in [1.807, 2.05) is 37.3 Å². The van der Waals surface area contributed by atoms with Crippen molar-refractivity contribution in [3.8, 4) is 17.2 Å². The Kier molecular flexibility index (Phi) is 9.00. The molecule has 30 heavy (non-hydrogen) atoms. The topological polar surface area (TPSA) is 77.1 Å². The lowest BCUT2D eigenvalue weighted by atomic mass is 10.1. The van der Waals surface area contributed by atoms with Gasteiger partial charge in [-0.1, -0.05) is 37.3 Å². The Morgan fingerprint density at radius 2 is 1.60 bits per heavy atom. The van der Waals surface area contributed by atoms with Gasteiger partial charge in [-0.3, -0.25) is 9.59 Å². The van der Waals surface area contributed by atoms with E-state index in [0.29, 0.717) is 36.6 Å². The third kappa shape index (κ3) is 6.40. The van der Waals surface area contributed by atoms with Crippen LogP contribution in [0.5, 0.6) is 17.2 Å². The number of rotatable bonds is 11. The van der Waals surface area contributed by atoms with Crippen LogP contribution in [0, 0.1) is 0 Å². The molecular formula is C23H30N2O5. The minimum absolute atomic E-state index is 0.193. The van der Waals surface area contributed by atoms with Gasteiger partial charge in [0.1, 0.15) is 23.3 Å². The minimum atomic E-state index is -0.561. The first-order valence-corrected chi connectivity index (χ1v) is 9.93. The predicted molar refractivity (Wildman–Crippen MR) is 115 cm³/mol. The molecule has 1 atom stereocenters. The monoisotopic (exact) mass is 414 g/mol. The summed E-state index contributed by atoms with van der Waals surface area (Å²) in [6.45, 7) is 2.11. The second kappa shape index (κ2) is 11.7. The SMILES string of the molecule is CC[C@@H](C(=O)NC)N(CCc1ccccc1)C(=O)COc1cc(OC)cc(OC)c1. The Labute approximate surface area is 177 Å². The molecule has 1 N–H and O–H groups in total. The molecule has 0 spiro atoms. The molecule has 0 saturated carbocycles. The lowest BCUT2D eigenvalue weighted by Gasteiger charge is -2.30. The summed E-state index contributed by atoms with van der Waals surface area (Å²) in [7, 11) is 4.67. The van der Waals surface area contributed by atoms with Crippen LogP contribution in [0.25, 0.3) is 0 Å². The van der Waals surface area contributed by atoms with E-state index in [0.717, 1.165) is 5.56 Å². The highest BCUT2D eigenvalue weighted by molar-refractivity contribution is 5.88. The predicted octanol–water partition coefficient (Wildman–Crippen LogP) is 2.68. The molecule has 2 aromatic carbocycles. The van der Waals surface area contributed by atoms with E-state index in [9.17, 15) is 9.59 Å². The number of nitrogens with one attached hydrogen (secondary N) is 1. The van der Waals surface area contributed by atoms with Crippen LogP contribution >= 0.6 is 0 Å². The number of ether oxygens (including phenoxy) is 3. The van der Waals surface area contributed by atoms with Crippen molar-refractivity contribution in [2.24, 2.45) is 0 Å². The largest absolute Gasteiger partial charge is 0.496 e. The fraction of sp³-hybridized carbons (Fsp3) is 0.391. The molecule has 0 heterocycles. The average Bonchev–Trinajstić information content (AvgIpc) is 2.80. The number of hydrogen-bond donors (Lipinski definition) is 1. The molecule has 162 valence electrons. The normalized spacial score (nSPS) is 11.3. The van der Waals surface area contributed by atoms with Crippen molar-refractivity contribution in [2.75, 3.05) is 34.4 Å². The summed E-state index contributed by atoms with van der Waals surface area (Å²) in [5, 5.41) is 2.65. The van der Waals surface area contributed by atoms with Crippen molar-refractivity contribution in [2.45, 2.75) is 25.8 Å². The molecular weight excluding hydrogens is 384 g/mol. The van der Waals surface area contributed by atoms with Gasteiger partial charge in [-0.15, -0.1) is 0 Å². The van der Waals surface area contributed by atoms with Gasteiger partial charge in [0, 0.05) is 31.8 Å². The maximum atomic E-state index is 13.0. The van der Waals surface area contributed by atoms with Crippen molar-refractivity contribution < 1.29 is 23.8 Å². The maximum Gasteiger partial charge on any atom is 0.261 e. The minimum Gasteiger partial charge on any atom is -0.496 e. The van der Waals surface area contributed by atoms with Crippen LogP contribution in [0.3, 0.4) is 0 Å². The number of methoxy groups -OCH3 is 2. The lowest BCUT2D eigenvalue weighted by Crippen LogP contribution is -2.50. The summed E-state index contributed by atoms with van der Waals surface area (Å²) < 4.78 is 16.2. The van der Waals surface area contributed by atoms with Gasteiger partial charge in [-0.2, -0.15) is 0 Å². The zero-order valence-corrected chi connectivity index (χ0v) is 18.0.